The van der Waals surface area contributed by atoms with Gasteiger partial charge in [-0.2, -0.15) is 0 Å². The second kappa shape index (κ2) is 5.12. The molecular weight excluding hydrogens is 200 g/mol. The number of nitrogens with one attached hydrogen (secondary N) is 1. The van der Waals surface area contributed by atoms with Gasteiger partial charge in [-0.3, -0.25) is 4.79 Å². The number of hydrogen-bond acceptors (Lipinski definition) is 2. The highest BCUT2D eigenvalue weighted by Crippen LogP contribution is 2.18. The zero-order valence-electron chi connectivity index (χ0n) is 9.36. The van der Waals surface area contributed by atoms with Gasteiger partial charge in [0.2, 0.25) is 5.91 Å². The van der Waals surface area contributed by atoms with Crippen LogP contribution in [0, 0.1) is 0 Å². The van der Waals surface area contributed by atoms with Crippen molar-refractivity contribution in [2.45, 2.75) is 37.8 Å². The number of carbonyl (C=O) groups excluding carboxylic acids is 1. The third kappa shape index (κ3) is 2.83. The Morgan fingerprint density at radius 2 is 2.06 bits per heavy atom. The summed E-state index contributed by atoms with van der Waals surface area (Å²) in [6.45, 7) is 0. The molecule has 0 unspecified atom stereocenters. The maximum absolute atomic E-state index is 11.7. The predicted molar refractivity (Wildman–Crippen MR) is 63.9 cm³/mol. The molecule has 0 saturated heterocycles. The van der Waals surface area contributed by atoms with Gasteiger partial charge in [-0.25, -0.2) is 0 Å². The molecule has 1 aromatic carbocycles. The number of benzene rings is 1. The molecule has 1 saturated carbocycles. The average molecular weight is 218 g/mol. The number of amides is 1. The fourth-order valence-corrected chi connectivity index (χ4v) is 1.82. The highest BCUT2D eigenvalue weighted by molar-refractivity contribution is 5.82. The van der Waals surface area contributed by atoms with Gasteiger partial charge in [0.05, 0.1) is 6.04 Å². The molecule has 2 rings (SSSR count). The van der Waals surface area contributed by atoms with Crippen LogP contribution < -0.4 is 11.1 Å². The van der Waals surface area contributed by atoms with E-state index in [9.17, 15) is 4.79 Å². The molecule has 0 spiro atoms. The summed E-state index contributed by atoms with van der Waals surface area (Å²) in [5, 5.41) is 2.97. The lowest BCUT2D eigenvalue weighted by Crippen LogP contribution is -2.48. The largest absolute Gasteiger partial charge is 0.352 e. The molecule has 86 valence electrons. The third-order valence-corrected chi connectivity index (χ3v) is 3.09. The van der Waals surface area contributed by atoms with E-state index < -0.39 is 6.04 Å². The van der Waals surface area contributed by atoms with E-state index in [1.807, 2.05) is 30.3 Å². The molecule has 0 heterocycles. The highest BCUT2D eigenvalue weighted by atomic mass is 16.2. The zero-order valence-corrected chi connectivity index (χ0v) is 9.36. The van der Waals surface area contributed by atoms with Crippen molar-refractivity contribution in [2.24, 2.45) is 5.73 Å². The van der Waals surface area contributed by atoms with Gasteiger partial charge in [0.1, 0.15) is 0 Å². The first-order chi connectivity index (χ1) is 7.75. The van der Waals surface area contributed by atoms with Crippen LogP contribution in [0.3, 0.4) is 0 Å². The zero-order chi connectivity index (χ0) is 11.4. The van der Waals surface area contributed by atoms with Crippen molar-refractivity contribution in [3.05, 3.63) is 35.9 Å². The van der Waals surface area contributed by atoms with Gasteiger partial charge in [0, 0.05) is 6.04 Å². The standard InChI is InChI=1S/C13H18N2O/c14-12(9-10-5-2-1-3-6-10)13(16)15-11-7-4-8-11/h1-3,5-6,11-12H,4,7-9,14H2,(H,15,16)/t12-/m0/s1. The minimum Gasteiger partial charge on any atom is -0.352 e. The quantitative estimate of drug-likeness (QED) is 0.798. The Kier molecular flexibility index (Phi) is 3.57. The van der Waals surface area contributed by atoms with Crippen molar-refractivity contribution >= 4 is 5.91 Å². The maximum Gasteiger partial charge on any atom is 0.237 e. The van der Waals surface area contributed by atoms with Crippen LogP contribution in [-0.4, -0.2) is 18.0 Å². The number of carbonyl (C=O) groups is 1. The molecule has 3 N–H and O–H groups in total. The number of hydrogen-bond donors (Lipinski definition) is 2. The first-order valence-electron chi connectivity index (χ1n) is 5.85. The van der Waals surface area contributed by atoms with Crippen molar-refractivity contribution < 1.29 is 4.79 Å². The molecule has 1 aromatic rings. The lowest BCUT2D eigenvalue weighted by Gasteiger charge is -2.27. The van der Waals surface area contributed by atoms with Gasteiger partial charge in [0.15, 0.2) is 0 Å². The van der Waals surface area contributed by atoms with Gasteiger partial charge >= 0.3 is 0 Å². The van der Waals surface area contributed by atoms with Crippen LogP contribution in [0.15, 0.2) is 30.3 Å². The second-order valence-corrected chi connectivity index (χ2v) is 4.43. The molecule has 0 aromatic heterocycles. The molecule has 1 amide bonds. The van der Waals surface area contributed by atoms with Crippen LogP contribution >= 0.6 is 0 Å². The van der Waals surface area contributed by atoms with Crippen molar-refractivity contribution in [1.29, 1.82) is 0 Å². The van der Waals surface area contributed by atoms with E-state index in [2.05, 4.69) is 5.32 Å². The monoisotopic (exact) mass is 218 g/mol. The molecule has 1 aliphatic rings. The molecule has 0 aliphatic heterocycles. The molecule has 16 heavy (non-hydrogen) atoms. The van der Waals surface area contributed by atoms with Crippen LogP contribution in [0.1, 0.15) is 24.8 Å². The maximum atomic E-state index is 11.7. The first-order valence-corrected chi connectivity index (χ1v) is 5.85. The summed E-state index contributed by atoms with van der Waals surface area (Å²) in [6.07, 6.45) is 4.03. The summed E-state index contributed by atoms with van der Waals surface area (Å²) >= 11 is 0. The van der Waals surface area contributed by atoms with E-state index in [1.165, 1.54) is 6.42 Å². The molecule has 0 bridgehead atoms. The smallest absolute Gasteiger partial charge is 0.237 e. The van der Waals surface area contributed by atoms with E-state index in [0.717, 1.165) is 18.4 Å². The van der Waals surface area contributed by atoms with Gasteiger partial charge in [-0.15, -0.1) is 0 Å². The van der Waals surface area contributed by atoms with Crippen LogP contribution in [0.25, 0.3) is 0 Å². The highest BCUT2D eigenvalue weighted by Gasteiger charge is 2.22. The Hall–Kier alpha value is -1.35. The van der Waals surface area contributed by atoms with Gasteiger partial charge < -0.3 is 11.1 Å². The molecule has 1 aliphatic carbocycles. The third-order valence-electron chi connectivity index (χ3n) is 3.09. The summed E-state index contributed by atoms with van der Waals surface area (Å²) < 4.78 is 0. The molecular formula is C13H18N2O. The van der Waals surface area contributed by atoms with Crippen molar-refractivity contribution in [3.8, 4) is 0 Å². The fourth-order valence-electron chi connectivity index (χ4n) is 1.82. The Labute approximate surface area is 96.0 Å². The lowest BCUT2D eigenvalue weighted by atomic mass is 9.92. The van der Waals surface area contributed by atoms with E-state index in [4.69, 9.17) is 5.73 Å². The Bertz CT molecular complexity index is 346. The van der Waals surface area contributed by atoms with Crippen LogP contribution in [0.5, 0.6) is 0 Å². The number of nitrogens with two attached hydrogens (primary N) is 1. The minimum atomic E-state index is -0.428. The fraction of sp³-hybridized carbons (Fsp3) is 0.462. The Morgan fingerprint density at radius 1 is 1.38 bits per heavy atom. The minimum absolute atomic E-state index is 0.0199. The Balaban J connectivity index is 1.82. The summed E-state index contributed by atoms with van der Waals surface area (Å²) in [5.74, 6) is -0.0199. The topological polar surface area (TPSA) is 55.1 Å². The molecule has 3 nitrogen and oxygen atoms in total. The van der Waals surface area contributed by atoms with E-state index in [-0.39, 0.29) is 5.91 Å². The van der Waals surface area contributed by atoms with Gasteiger partial charge in [-0.1, -0.05) is 30.3 Å². The van der Waals surface area contributed by atoms with Crippen LogP contribution in [-0.2, 0) is 11.2 Å². The Morgan fingerprint density at radius 3 is 2.62 bits per heavy atom. The SMILES string of the molecule is N[C@@H](Cc1ccccc1)C(=O)NC1CCC1. The van der Waals surface area contributed by atoms with Crippen LogP contribution in [0.4, 0.5) is 0 Å². The molecule has 0 radical (unpaired) electrons. The summed E-state index contributed by atoms with van der Waals surface area (Å²) in [6, 6.07) is 9.83. The van der Waals surface area contributed by atoms with Crippen molar-refractivity contribution in [2.75, 3.05) is 0 Å². The molecule has 1 fully saturated rings. The predicted octanol–water partition coefficient (Wildman–Crippen LogP) is 1.23. The van der Waals surface area contributed by atoms with Crippen molar-refractivity contribution in [1.82, 2.24) is 5.32 Å². The van der Waals surface area contributed by atoms with E-state index in [1.54, 1.807) is 0 Å². The summed E-state index contributed by atoms with van der Waals surface area (Å²) in [7, 11) is 0. The number of rotatable bonds is 4. The van der Waals surface area contributed by atoms with Gasteiger partial charge in [0.25, 0.3) is 0 Å². The van der Waals surface area contributed by atoms with Gasteiger partial charge in [-0.05, 0) is 31.2 Å². The normalized spacial score (nSPS) is 17.6. The second-order valence-electron chi connectivity index (χ2n) is 4.43. The van der Waals surface area contributed by atoms with Crippen molar-refractivity contribution in [3.63, 3.8) is 0 Å². The summed E-state index contributed by atoms with van der Waals surface area (Å²) in [5.41, 5.74) is 6.97. The van der Waals surface area contributed by atoms with Crippen LogP contribution in [0.2, 0.25) is 0 Å². The average Bonchev–Trinajstić information content (AvgIpc) is 2.24. The van der Waals surface area contributed by atoms with E-state index in [0.29, 0.717) is 12.5 Å². The molecule has 1 atom stereocenters. The first kappa shape index (κ1) is 11.1. The summed E-state index contributed by atoms with van der Waals surface area (Å²) in [4.78, 5) is 11.7. The molecule has 3 heteroatoms. The van der Waals surface area contributed by atoms with E-state index >= 15 is 0 Å². The lowest BCUT2D eigenvalue weighted by molar-refractivity contribution is -0.123.